The summed E-state index contributed by atoms with van der Waals surface area (Å²) < 4.78 is 4.73. The van der Waals surface area contributed by atoms with Crippen molar-refractivity contribution in [3.63, 3.8) is 0 Å². The molecular formula is C12H18N2O4. The maximum Gasteiger partial charge on any atom is 0.310 e. The van der Waals surface area contributed by atoms with Crippen molar-refractivity contribution in [1.82, 2.24) is 10.2 Å². The zero-order valence-corrected chi connectivity index (χ0v) is 10.6. The fourth-order valence-corrected chi connectivity index (χ4v) is 2.64. The van der Waals surface area contributed by atoms with Crippen LogP contribution < -0.4 is 5.32 Å². The predicted molar refractivity (Wildman–Crippen MR) is 62.4 cm³/mol. The van der Waals surface area contributed by atoms with Crippen LogP contribution in [0.15, 0.2) is 0 Å². The summed E-state index contributed by atoms with van der Waals surface area (Å²) in [5.74, 6) is -0.799. The Morgan fingerprint density at radius 3 is 2.67 bits per heavy atom. The SMILES string of the molecule is COC(=O)C1CN(C(=O)C2CNC(=O)C2)CC1C. The standard InChI is InChI=1S/C12H18N2O4/c1-7-5-14(6-9(7)12(17)18-2)11(16)8-3-10(15)13-4-8/h7-9H,3-6H2,1-2H3,(H,13,15). The van der Waals surface area contributed by atoms with Gasteiger partial charge >= 0.3 is 5.97 Å². The van der Waals surface area contributed by atoms with Crippen molar-refractivity contribution in [1.29, 1.82) is 0 Å². The molecule has 2 fully saturated rings. The number of nitrogens with one attached hydrogen (secondary N) is 1. The average molecular weight is 254 g/mol. The van der Waals surface area contributed by atoms with Crippen LogP contribution in [0.3, 0.4) is 0 Å². The van der Waals surface area contributed by atoms with Gasteiger partial charge in [0.05, 0.1) is 18.9 Å². The van der Waals surface area contributed by atoms with Gasteiger partial charge in [-0.2, -0.15) is 0 Å². The lowest BCUT2D eigenvalue weighted by Crippen LogP contribution is -2.36. The molecule has 100 valence electrons. The first-order valence-corrected chi connectivity index (χ1v) is 6.16. The molecule has 6 heteroatoms. The number of methoxy groups -OCH3 is 1. The van der Waals surface area contributed by atoms with Gasteiger partial charge in [-0.15, -0.1) is 0 Å². The molecule has 0 aromatic heterocycles. The van der Waals surface area contributed by atoms with Crippen LogP contribution in [0.4, 0.5) is 0 Å². The topological polar surface area (TPSA) is 75.7 Å². The highest BCUT2D eigenvalue weighted by Crippen LogP contribution is 2.26. The Hall–Kier alpha value is -1.59. The number of nitrogens with zero attached hydrogens (tertiary/aromatic N) is 1. The fraction of sp³-hybridized carbons (Fsp3) is 0.750. The smallest absolute Gasteiger partial charge is 0.310 e. The zero-order valence-electron chi connectivity index (χ0n) is 10.6. The highest BCUT2D eigenvalue weighted by molar-refractivity contribution is 5.89. The summed E-state index contributed by atoms with van der Waals surface area (Å²) in [6.45, 7) is 3.30. The minimum Gasteiger partial charge on any atom is -0.469 e. The minimum absolute atomic E-state index is 0.0356. The lowest BCUT2D eigenvalue weighted by atomic mass is 9.99. The molecule has 0 saturated carbocycles. The first-order chi connectivity index (χ1) is 8.52. The number of carbonyl (C=O) groups is 3. The summed E-state index contributed by atoms with van der Waals surface area (Å²) in [7, 11) is 1.36. The van der Waals surface area contributed by atoms with Crippen LogP contribution in [0.25, 0.3) is 0 Å². The molecule has 3 unspecified atom stereocenters. The summed E-state index contributed by atoms with van der Waals surface area (Å²) >= 11 is 0. The van der Waals surface area contributed by atoms with Crippen LogP contribution in [-0.2, 0) is 19.1 Å². The summed E-state index contributed by atoms with van der Waals surface area (Å²) in [5, 5.41) is 2.65. The minimum atomic E-state index is -0.277. The van der Waals surface area contributed by atoms with Crippen molar-refractivity contribution < 1.29 is 19.1 Å². The van der Waals surface area contributed by atoms with Gasteiger partial charge in [-0.1, -0.05) is 6.92 Å². The molecule has 18 heavy (non-hydrogen) atoms. The van der Waals surface area contributed by atoms with Gasteiger partial charge in [-0.25, -0.2) is 0 Å². The van der Waals surface area contributed by atoms with E-state index in [1.165, 1.54) is 7.11 Å². The van der Waals surface area contributed by atoms with E-state index in [4.69, 9.17) is 4.74 Å². The van der Waals surface area contributed by atoms with Crippen LogP contribution in [0.1, 0.15) is 13.3 Å². The normalized spacial score (nSPS) is 31.3. The van der Waals surface area contributed by atoms with Crippen LogP contribution in [0.2, 0.25) is 0 Å². The lowest BCUT2D eigenvalue weighted by Gasteiger charge is -2.19. The van der Waals surface area contributed by atoms with Crippen molar-refractivity contribution in [2.24, 2.45) is 17.8 Å². The fourth-order valence-electron chi connectivity index (χ4n) is 2.64. The third-order valence-corrected chi connectivity index (χ3v) is 3.75. The molecule has 0 bridgehead atoms. The van der Waals surface area contributed by atoms with Gasteiger partial charge in [0.1, 0.15) is 0 Å². The average Bonchev–Trinajstić information content (AvgIpc) is 2.94. The molecule has 2 aliphatic heterocycles. The maximum atomic E-state index is 12.2. The molecule has 0 aromatic rings. The molecule has 0 spiro atoms. The molecular weight excluding hydrogens is 236 g/mol. The molecule has 2 rings (SSSR count). The Labute approximate surface area is 106 Å². The monoisotopic (exact) mass is 254 g/mol. The number of hydrogen-bond acceptors (Lipinski definition) is 4. The third-order valence-electron chi connectivity index (χ3n) is 3.75. The molecule has 1 N–H and O–H groups in total. The van der Waals surface area contributed by atoms with Crippen molar-refractivity contribution in [2.75, 3.05) is 26.7 Å². The Bertz CT molecular complexity index is 382. The van der Waals surface area contributed by atoms with E-state index < -0.39 is 0 Å². The molecule has 3 atom stereocenters. The van der Waals surface area contributed by atoms with E-state index >= 15 is 0 Å². The van der Waals surface area contributed by atoms with Gasteiger partial charge in [-0.3, -0.25) is 14.4 Å². The van der Waals surface area contributed by atoms with Gasteiger partial charge in [0.25, 0.3) is 0 Å². The van der Waals surface area contributed by atoms with Crippen molar-refractivity contribution in [2.45, 2.75) is 13.3 Å². The third kappa shape index (κ3) is 2.32. The number of carbonyl (C=O) groups excluding carboxylic acids is 3. The number of ether oxygens (including phenoxy) is 1. The first-order valence-electron chi connectivity index (χ1n) is 6.16. The molecule has 6 nitrogen and oxygen atoms in total. The Morgan fingerprint density at radius 2 is 2.11 bits per heavy atom. The molecule has 0 radical (unpaired) electrons. The molecule has 0 aliphatic carbocycles. The van der Waals surface area contributed by atoms with Crippen LogP contribution >= 0.6 is 0 Å². The van der Waals surface area contributed by atoms with E-state index in [1.807, 2.05) is 6.92 Å². The maximum absolute atomic E-state index is 12.2. The second-order valence-electron chi connectivity index (χ2n) is 5.06. The largest absolute Gasteiger partial charge is 0.469 e. The summed E-state index contributed by atoms with van der Waals surface area (Å²) in [6, 6.07) is 0. The van der Waals surface area contributed by atoms with Gasteiger partial charge in [0, 0.05) is 26.1 Å². The van der Waals surface area contributed by atoms with E-state index in [9.17, 15) is 14.4 Å². The first kappa shape index (κ1) is 12.9. The number of esters is 1. The van der Waals surface area contributed by atoms with E-state index in [1.54, 1.807) is 4.90 Å². The molecule has 2 saturated heterocycles. The summed E-state index contributed by atoms with van der Waals surface area (Å²) in [4.78, 5) is 36.5. The molecule has 2 amide bonds. The van der Waals surface area contributed by atoms with Crippen molar-refractivity contribution in [3.05, 3.63) is 0 Å². The Kier molecular flexibility index (Phi) is 3.54. The van der Waals surface area contributed by atoms with E-state index in [2.05, 4.69) is 5.32 Å². The van der Waals surface area contributed by atoms with E-state index in [-0.39, 0.29) is 42.0 Å². The number of hydrogen-bond donors (Lipinski definition) is 1. The quantitative estimate of drug-likeness (QED) is 0.667. The number of rotatable bonds is 2. The Morgan fingerprint density at radius 1 is 1.39 bits per heavy atom. The van der Waals surface area contributed by atoms with Gasteiger partial charge in [-0.05, 0) is 5.92 Å². The van der Waals surface area contributed by atoms with Crippen molar-refractivity contribution >= 4 is 17.8 Å². The van der Waals surface area contributed by atoms with Gasteiger partial charge in [0.2, 0.25) is 11.8 Å². The number of likely N-dealkylation sites (tertiary alicyclic amines) is 1. The van der Waals surface area contributed by atoms with Crippen LogP contribution in [0.5, 0.6) is 0 Å². The molecule has 2 heterocycles. The Balaban J connectivity index is 1.97. The molecule has 2 aliphatic rings. The second kappa shape index (κ2) is 4.96. The summed E-state index contributed by atoms with van der Waals surface area (Å²) in [5.41, 5.74) is 0. The van der Waals surface area contributed by atoms with E-state index in [0.29, 0.717) is 19.6 Å². The highest BCUT2D eigenvalue weighted by atomic mass is 16.5. The van der Waals surface area contributed by atoms with E-state index in [0.717, 1.165) is 0 Å². The van der Waals surface area contributed by atoms with Gasteiger partial charge < -0.3 is 15.0 Å². The van der Waals surface area contributed by atoms with Crippen LogP contribution in [-0.4, -0.2) is 49.4 Å². The zero-order chi connectivity index (χ0) is 13.3. The molecule has 0 aromatic carbocycles. The summed E-state index contributed by atoms with van der Waals surface area (Å²) in [6.07, 6.45) is 0.257. The van der Waals surface area contributed by atoms with Crippen molar-refractivity contribution in [3.8, 4) is 0 Å². The predicted octanol–water partition coefficient (Wildman–Crippen LogP) is -0.610. The van der Waals surface area contributed by atoms with Gasteiger partial charge in [0.15, 0.2) is 0 Å². The lowest BCUT2D eigenvalue weighted by molar-refractivity contribution is -0.146. The second-order valence-corrected chi connectivity index (χ2v) is 5.06. The number of amides is 2. The van der Waals surface area contributed by atoms with Crippen LogP contribution in [0, 0.1) is 17.8 Å². The highest BCUT2D eigenvalue weighted by Gasteiger charge is 2.40.